The third-order valence-electron chi connectivity index (χ3n) is 2.26. The first-order valence-corrected chi connectivity index (χ1v) is 5.15. The van der Waals surface area contributed by atoms with Crippen LogP contribution in [0.5, 0.6) is 0 Å². The Kier molecular flexibility index (Phi) is 4.23. The van der Waals surface area contributed by atoms with E-state index in [-0.39, 0.29) is 17.3 Å². The summed E-state index contributed by atoms with van der Waals surface area (Å²) < 4.78 is 0. The van der Waals surface area contributed by atoms with Crippen molar-refractivity contribution in [3.05, 3.63) is 46.5 Å². The number of hydrogen-bond donors (Lipinski definition) is 1. The van der Waals surface area contributed by atoms with E-state index in [1.165, 1.54) is 6.07 Å². The molecular formula is C12H13N3O2. The summed E-state index contributed by atoms with van der Waals surface area (Å²) in [7, 11) is 0. The lowest BCUT2D eigenvalue weighted by molar-refractivity contribution is -0.384. The molecule has 0 radical (unpaired) electrons. The monoisotopic (exact) mass is 231 g/mol. The molecule has 1 aromatic carbocycles. The number of benzene rings is 1. The van der Waals surface area contributed by atoms with Crippen LogP contribution in [0.25, 0.3) is 0 Å². The van der Waals surface area contributed by atoms with Crippen molar-refractivity contribution < 1.29 is 4.92 Å². The number of hydrogen-bond acceptors (Lipinski definition) is 4. The van der Waals surface area contributed by atoms with Crippen LogP contribution in [0, 0.1) is 21.4 Å². The fraction of sp³-hybridized carbons (Fsp3) is 0.250. The first kappa shape index (κ1) is 12.7. The topological polar surface area (TPSA) is 79.0 Å². The molecule has 0 fully saturated rings. The van der Waals surface area contributed by atoms with Gasteiger partial charge in [0.1, 0.15) is 17.3 Å². The van der Waals surface area contributed by atoms with E-state index in [2.05, 4.69) is 11.9 Å². The second-order valence-electron chi connectivity index (χ2n) is 3.64. The van der Waals surface area contributed by atoms with Crippen LogP contribution >= 0.6 is 0 Å². The molecule has 0 heterocycles. The summed E-state index contributed by atoms with van der Waals surface area (Å²) in [5.74, 6) is 0. The van der Waals surface area contributed by atoms with E-state index in [1.54, 1.807) is 18.2 Å². The van der Waals surface area contributed by atoms with Crippen LogP contribution in [-0.4, -0.2) is 11.0 Å². The van der Waals surface area contributed by atoms with Gasteiger partial charge in [-0.3, -0.25) is 10.1 Å². The molecule has 0 aliphatic rings. The van der Waals surface area contributed by atoms with Crippen LogP contribution in [0.15, 0.2) is 30.9 Å². The highest BCUT2D eigenvalue weighted by Crippen LogP contribution is 2.28. The summed E-state index contributed by atoms with van der Waals surface area (Å²) >= 11 is 0. The van der Waals surface area contributed by atoms with Crippen LogP contribution in [0.3, 0.4) is 0 Å². The Hall–Kier alpha value is -2.35. The molecule has 1 atom stereocenters. The maximum absolute atomic E-state index is 10.9. The van der Waals surface area contributed by atoms with E-state index in [9.17, 15) is 10.1 Å². The molecule has 0 aromatic heterocycles. The molecule has 5 heteroatoms. The molecule has 17 heavy (non-hydrogen) atoms. The van der Waals surface area contributed by atoms with Gasteiger partial charge in [-0.2, -0.15) is 5.26 Å². The standard InChI is InChI=1S/C12H13N3O2/c1-3-5-9(2)14-11-7-4-6-10(8-13)12(11)15(16)17/h3-4,6-7,9,14H,1,5H2,2H3. The molecule has 1 rings (SSSR count). The van der Waals surface area contributed by atoms with Gasteiger partial charge in [-0.1, -0.05) is 12.1 Å². The minimum Gasteiger partial charge on any atom is -0.377 e. The highest BCUT2D eigenvalue weighted by molar-refractivity contribution is 5.68. The average Bonchev–Trinajstić information content (AvgIpc) is 2.28. The quantitative estimate of drug-likeness (QED) is 0.480. The highest BCUT2D eigenvalue weighted by Gasteiger charge is 2.20. The lowest BCUT2D eigenvalue weighted by Gasteiger charge is -2.13. The van der Waals surface area contributed by atoms with Gasteiger partial charge in [0.2, 0.25) is 0 Å². The van der Waals surface area contributed by atoms with Gasteiger partial charge in [0.25, 0.3) is 0 Å². The van der Waals surface area contributed by atoms with Crippen molar-refractivity contribution in [3.8, 4) is 6.07 Å². The van der Waals surface area contributed by atoms with E-state index >= 15 is 0 Å². The molecule has 0 bridgehead atoms. The zero-order valence-corrected chi connectivity index (χ0v) is 9.51. The Morgan fingerprint density at radius 1 is 1.71 bits per heavy atom. The van der Waals surface area contributed by atoms with Gasteiger partial charge < -0.3 is 5.32 Å². The van der Waals surface area contributed by atoms with E-state index in [0.29, 0.717) is 12.1 Å². The van der Waals surface area contributed by atoms with Crippen LogP contribution in [0.4, 0.5) is 11.4 Å². The predicted octanol–water partition coefficient (Wildman–Crippen LogP) is 2.84. The summed E-state index contributed by atoms with van der Waals surface area (Å²) in [4.78, 5) is 10.4. The van der Waals surface area contributed by atoms with Gasteiger partial charge in [-0.05, 0) is 25.5 Å². The smallest absolute Gasteiger partial charge is 0.309 e. The lowest BCUT2D eigenvalue weighted by Crippen LogP contribution is -2.15. The van der Waals surface area contributed by atoms with Crippen molar-refractivity contribution in [1.82, 2.24) is 0 Å². The van der Waals surface area contributed by atoms with Crippen LogP contribution in [0.2, 0.25) is 0 Å². The van der Waals surface area contributed by atoms with Crippen molar-refractivity contribution in [2.24, 2.45) is 0 Å². The molecule has 0 aliphatic heterocycles. The third kappa shape index (κ3) is 3.05. The first-order valence-electron chi connectivity index (χ1n) is 5.15. The number of nitrogens with zero attached hydrogens (tertiary/aromatic N) is 2. The van der Waals surface area contributed by atoms with Gasteiger partial charge >= 0.3 is 5.69 Å². The SMILES string of the molecule is C=CCC(C)Nc1cccc(C#N)c1[N+](=O)[O-]. The Labute approximate surface area is 99.5 Å². The molecule has 1 aromatic rings. The second-order valence-corrected chi connectivity index (χ2v) is 3.64. The van der Waals surface area contributed by atoms with Gasteiger partial charge in [0.15, 0.2) is 0 Å². The molecule has 0 spiro atoms. The summed E-state index contributed by atoms with van der Waals surface area (Å²) in [5.41, 5.74) is 0.250. The number of anilines is 1. The molecule has 0 saturated heterocycles. The Morgan fingerprint density at radius 3 is 2.94 bits per heavy atom. The average molecular weight is 231 g/mol. The van der Waals surface area contributed by atoms with Crippen molar-refractivity contribution in [2.75, 3.05) is 5.32 Å². The fourth-order valence-electron chi connectivity index (χ4n) is 1.52. The van der Waals surface area contributed by atoms with Gasteiger partial charge in [-0.25, -0.2) is 0 Å². The summed E-state index contributed by atoms with van der Waals surface area (Å²) in [5, 5.41) is 22.8. The number of nitriles is 1. The normalized spacial score (nSPS) is 11.3. The highest BCUT2D eigenvalue weighted by atomic mass is 16.6. The number of nitro groups is 1. The largest absolute Gasteiger partial charge is 0.377 e. The minimum atomic E-state index is -0.540. The molecular weight excluding hydrogens is 218 g/mol. The van der Waals surface area contributed by atoms with Gasteiger partial charge in [0, 0.05) is 6.04 Å². The van der Waals surface area contributed by atoms with Gasteiger partial charge in [0.05, 0.1) is 4.92 Å². The number of nitrogens with one attached hydrogen (secondary N) is 1. The molecule has 1 unspecified atom stereocenters. The zero-order valence-electron chi connectivity index (χ0n) is 9.51. The Balaban J connectivity index is 3.11. The van der Waals surface area contributed by atoms with E-state index in [0.717, 1.165) is 0 Å². The van der Waals surface area contributed by atoms with Crippen LogP contribution in [0.1, 0.15) is 18.9 Å². The molecule has 5 nitrogen and oxygen atoms in total. The fourth-order valence-corrected chi connectivity index (χ4v) is 1.52. The van der Waals surface area contributed by atoms with Crippen LogP contribution in [-0.2, 0) is 0 Å². The number of nitro benzene ring substituents is 1. The van der Waals surface area contributed by atoms with Crippen LogP contribution < -0.4 is 5.32 Å². The van der Waals surface area contributed by atoms with Gasteiger partial charge in [-0.15, -0.1) is 6.58 Å². The minimum absolute atomic E-state index is 0.0279. The number of rotatable bonds is 5. The second kappa shape index (κ2) is 5.66. The summed E-state index contributed by atoms with van der Waals surface area (Å²) in [6, 6.07) is 6.50. The Bertz CT molecular complexity index is 477. The zero-order chi connectivity index (χ0) is 12.8. The predicted molar refractivity (Wildman–Crippen MR) is 65.7 cm³/mol. The first-order chi connectivity index (χ1) is 8.10. The van der Waals surface area contributed by atoms with E-state index in [1.807, 2.05) is 13.0 Å². The molecule has 88 valence electrons. The third-order valence-corrected chi connectivity index (χ3v) is 2.26. The molecule has 0 aliphatic carbocycles. The van der Waals surface area contributed by atoms with Crippen molar-refractivity contribution in [1.29, 1.82) is 5.26 Å². The van der Waals surface area contributed by atoms with Crippen molar-refractivity contribution in [2.45, 2.75) is 19.4 Å². The molecule has 1 N–H and O–H groups in total. The maximum atomic E-state index is 10.9. The Morgan fingerprint density at radius 2 is 2.41 bits per heavy atom. The molecule has 0 amide bonds. The lowest BCUT2D eigenvalue weighted by atomic mass is 10.1. The summed E-state index contributed by atoms with van der Waals surface area (Å²) in [6.45, 7) is 5.50. The van der Waals surface area contributed by atoms with Crippen molar-refractivity contribution >= 4 is 11.4 Å². The van der Waals surface area contributed by atoms with Crippen molar-refractivity contribution in [3.63, 3.8) is 0 Å². The van der Waals surface area contributed by atoms with E-state index in [4.69, 9.17) is 5.26 Å². The van der Waals surface area contributed by atoms with E-state index < -0.39 is 4.92 Å². The number of para-hydroxylation sites is 1. The maximum Gasteiger partial charge on any atom is 0.309 e. The summed E-state index contributed by atoms with van der Waals surface area (Å²) in [6.07, 6.45) is 2.42. The molecule has 0 saturated carbocycles.